The SMILES string of the molecule is CN1CCCN(c2ccc(N)c(C#N)c2)CC1=O. The number of carbonyl (C=O) groups is 1. The molecular weight excluding hydrogens is 228 g/mol. The molecule has 18 heavy (non-hydrogen) atoms. The summed E-state index contributed by atoms with van der Waals surface area (Å²) < 4.78 is 0. The van der Waals surface area contributed by atoms with Crippen LogP contribution in [0.3, 0.4) is 0 Å². The van der Waals surface area contributed by atoms with Gasteiger partial charge in [-0.05, 0) is 24.6 Å². The van der Waals surface area contributed by atoms with E-state index < -0.39 is 0 Å². The molecule has 1 aromatic carbocycles. The van der Waals surface area contributed by atoms with Gasteiger partial charge < -0.3 is 15.5 Å². The van der Waals surface area contributed by atoms with E-state index in [2.05, 4.69) is 6.07 Å². The number of carbonyl (C=O) groups excluding carboxylic acids is 1. The van der Waals surface area contributed by atoms with Crippen LogP contribution in [0, 0.1) is 11.3 Å². The molecule has 0 radical (unpaired) electrons. The zero-order valence-corrected chi connectivity index (χ0v) is 10.4. The normalized spacial score (nSPS) is 16.3. The van der Waals surface area contributed by atoms with Crippen molar-refractivity contribution >= 4 is 17.3 Å². The number of hydrogen-bond donors (Lipinski definition) is 1. The maximum absolute atomic E-state index is 11.8. The smallest absolute Gasteiger partial charge is 0.241 e. The highest BCUT2D eigenvalue weighted by atomic mass is 16.2. The van der Waals surface area contributed by atoms with Crippen LogP contribution in [0.15, 0.2) is 18.2 Å². The van der Waals surface area contributed by atoms with E-state index in [0.29, 0.717) is 17.8 Å². The predicted octanol–water partition coefficient (Wildman–Crippen LogP) is 0.809. The molecule has 1 aliphatic rings. The highest BCUT2D eigenvalue weighted by Gasteiger charge is 2.19. The molecule has 0 spiro atoms. The van der Waals surface area contributed by atoms with Crippen molar-refractivity contribution in [1.82, 2.24) is 4.90 Å². The first kappa shape index (κ1) is 12.2. The topological polar surface area (TPSA) is 73.4 Å². The van der Waals surface area contributed by atoms with E-state index in [4.69, 9.17) is 11.0 Å². The Kier molecular flexibility index (Phi) is 3.38. The first-order chi connectivity index (χ1) is 8.61. The Bertz CT molecular complexity index is 506. The summed E-state index contributed by atoms with van der Waals surface area (Å²) in [6.07, 6.45) is 0.925. The number of nitrogen functional groups attached to an aromatic ring is 1. The van der Waals surface area contributed by atoms with Gasteiger partial charge in [0.05, 0.1) is 12.1 Å². The van der Waals surface area contributed by atoms with Crippen molar-refractivity contribution in [1.29, 1.82) is 5.26 Å². The number of benzene rings is 1. The largest absolute Gasteiger partial charge is 0.398 e. The summed E-state index contributed by atoms with van der Waals surface area (Å²) in [5.41, 5.74) is 7.50. The van der Waals surface area contributed by atoms with Crippen LogP contribution in [-0.2, 0) is 4.79 Å². The molecule has 0 aromatic heterocycles. The average molecular weight is 244 g/mol. The Morgan fingerprint density at radius 2 is 2.17 bits per heavy atom. The zero-order valence-electron chi connectivity index (χ0n) is 10.4. The number of nitriles is 1. The fraction of sp³-hybridized carbons (Fsp3) is 0.385. The molecule has 2 N–H and O–H groups in total. The van der Waals surface area contributed by atoms with Crippen LogP contribution in [-0.4, -0.2) is 37.5 Å². The maximum Gasteiger partial charge on any atom is 0.241 e. The van der Waals surface area contributed by atoms with Crippen LogP contribution in [0.25, 0.3) is 0 Å². The maximum atomic E-state index is 11.8. The van der Waals surface area contributed by atoms with Crippen molar-refractivity contribution in [3.05, 3.63) is 23.8 Å². The summed E-state index contributed by atoms with van der Waals surface area (Å²) in [7, 11) is 1.82. The lowest BCUT2D eigenvalue weighted by Crippen LogP contribution is -2.34. The summed E-state index contributed by atoms with van der Waals surface area (Å²) in [6.45, 7) is 1.94. The average Bonchev–Trinajstić information content (AvgIpc) is 2.53. The molecular formula is C13H16N4O. The Labute approximate surface area is 106 Å². The van der Waals surface area contributed by atoms with Crippen LogP contribution in [0.5, 0.6) is 0 Å². The van der Waals surface area contributed by atoms with E-state index in [1.807, 2.05) is 18.0 Å². The molecule has 0 bridgehead atoms. The minimum atomic E-state index is 0.0998. The monoisotopic (exact) mass is 244 g/mol. The molecule has 94 valence electrons. The van der Waals surface area contributed by atoms with Gasteiger partial charge in [0.25, 0.3) is 0 Å². The van der Waals surface area contributed by atoms with Gasteiger partial charge in [0, 0.05) is 31.5 Å². The van der Waals surface area contributed by atoms with E-state index in [1.54, 1.807) is 17.0 Å². The molecule has 1 aromatic rings. The number of rotatable bonds is 1. The molecule has 0 saturated carbocycles. The lowest BCUT2D eigenvalue weighted by atomic mass is 10.1. The third-order valence-electron chi connectivity index (χ3n) is 3.20. The van der Waals surface area contributed by atoms with Crippen molar-refractivity contribution in [2.45, 2.75) is 6.42 Å². The minimum absolute atomic E-state index is 0.0998. The second-order valence-electron chi connectivity index (χ2n) is 4.47. The minimum Gasteiger partial charge on any atom is -0.398 e. The number of nitrogens with zero attached hydrogens (tertiary/aromatic N) is 3. The Hall–Kier alpha value is -2.22. The third-order valence-corrected chi connectivity index (χ3v) is 3.20. The standard InChI is InChI=1S/C13H16N4O/c1-16-5-2-6-17(9-13(16)18)11-3-4-12(15)10(7-11)8-14/h3-4,7H,2,5-6,9,15H2,1H3. The van der Waals surface area contributed by atoms with Crippen molar-refractivity contribution in [2.24, 2.45) is 0 Å². The summed E-state index contributed by atoms with van der Waals surface area (Å²) >= 11 is 0. The van der Waals surface area contributed by atoms with E-state index >= 15 is 0 Å². The van der Waals surface area contributed by atoms with Gasteiger partial charge in [0.2, 0.25) is 5.91 Å². The molecule has 1 amide bonds. The summed E-state index contributed by atoms with van der Waals surface area (Å²) in [5, 5.41) is 8.97. The number of hydrogen-bond acceptors (Lipinski definition) is 4. The first-order valence-corrected chi connectivity index (χ1v) is 5.90. The van der Waals surface area contributed by atoms with Gasteiger partial charge in [-0.2, -0.15) is 5.26 Å². The quantitative estimate of drug-likeness (QED) is 0.742. The van der Waals surface area contributed by atoms with E-state index in [-0.39, 0.29) is 5.91 Å². The number of amides is 1. The lowest BCUT2D eigenvalue weighted by molar-refractivity contribution is -0.127. The van der Waals surface area contributed by atoms with E-state index in [0.717, 1.165) is 25.2 Å². The van der Waals surface area contributed by atoms with Crippen molar-refractivity contribution in [3.63, 3.8) is 0 Å². The molecule has 5 nitrogen and oxygen atoms in total. The van der Waals surface area contributed by atoms with Crippen LogP contribution in [0.4, 0.5) is 11.4 Å². The molecule has 1 saturated heterocycles. The molecule has 0 unspecified atom stereocenters. The first-order valence-electron chi connectivity index (χ1n) is 5.90. The molecule has 1 fully saturated rings. The highest BCUT2D eigenvalue weighted by molar-refractivity contribution is 5.82. The van der Waals surface area contributed by atoms with Gasteiger partial charge >= 0.3 is 0 Å². The van der Waals surface area contributed by atoms with Crippen LogP contribution in [0.2, 0.25) is 0 Å². The molecule has 0 aliphatic carbocycles. The van der Waals surface area contributed by atoms with Gasteiger partial charge in [-0.1, -0.05) is 0 Å². The Morgan fingerprint density at radius 1 is 1.39 bits per heavy atom. The third kappa shape index (κ3) is 2.38. The van der Waals surface area contributed by atoms with Crippen LogP contribution < -0.4 is 10.6 Å². The van der Waals surface area contributed by atoms with E-state index in [9.17, 15) is 4.79 Å². The Morgan fingerprint density at radius 3 is 2.89 bits per heavy atom. The van der Waals surface area contributed by atoms with Gasteiger partial charge in [0.1, 0.15) is 6.07 Å². The van der Waals surface area contributed by atoms with Crippen molar-refractivity contribution in [2.75, 3.05) is 37.3 Å². The van der Waals surface area contributed by atoms with Gasteiger partial charge in [-0.3, -0.25) is 4.79 Å². The molecule has 2 rings (SSSR count). The van der Waals surface area contributed by atoms with Gasteiger partial charge in [0.15, 0.2) is 0 Å². The molecule has 0 atom stereocenters. The number of anilines is 2. The second kappa shape index (κ2) is 4.96. The summed E-state index contributed by atoms with van der Waals surface area (Å²) in [6, 6.07) is 7.38. The highest BCUT2D eigenvalue weighted by Crippen LogP contribution is 2.22. The van der Waals surface area contributed by atoms with Crippen molar-refractivity contribution < 1.29 is 4.79 Å². The molecule has 1 heterocycles. The van der Waals surface area contributed by atoms with Gasteiger partial charge in [-0.15, -0.1) is 0 Å². The zero-order chi connectivity index (χ0) is 13.1. The van der Waals surface area contributed by atoms with Crippen LogP contribution in [0.1, 0.15) is 12.0 Å². The van der Waals surface area contributed by atoms with Crippen LogP contribution >= 0.6 is 0 Å². The predicted molar refractivity (Wildman–Crippen MR) is 70.0 cm³/mol. The van der Waals surface area contributed by atoms with Crippen molar-refractivity contribution in [3.8, 4) is 6.07 Å². The van der Waals surface area contributed by atoms with Gasteiger partial charge in [-0.25, -0.2) is 0 Å². The fourth-order valence-electron chi connectivity index (χ4n) is 2.04. The fourth-order valence-corrected chi connectivity index (χ4v) is 2.04. The molecule has 1 aliphatic heterocycles. The lowest BCUT2D eigenvalue weighted by Gasteiger charge is -2.22. The second-order valence-corrected chi connectivity index (χ2v) is 4.47. The Balaban J connectivity index is 2.26. The summed E-state index contributed by atoms with van der Waals surface area (Å²) in [5.74, 6) is 0.0998. The summed E-state index contributed by atoms with van der Waals surface area (Å²) in [4.78, 5) is 15.5. The number of nitrogens with two attached hydrogens (primary N) is 1. The molecule has 5 heteroatoms. The van der Waals surface area contributed by atoms with E-state index in [1.165, 1.54) is 0 Å². The number of likely N-dealkylation sites (N-methyl/N-ethyl adjacent to an activating group) is 1.